The summed E-state index contributed by atoms with van der Waals surface area (Å²) >= 11 is 2.17. The molecule has 5 atom stereocenters. The number of cyclic esters (lactones) is 1. The van der Waals surface area contributed by atoms with Crippen LogP contribution in [-0.2, 0) is 19.1 Å². The Balaban J connectivity index is 1.71. The van der Waals surface area contributed by atoms with Crippen molar-refractivity contribution in [2.24, 2.45) is 17.3 Å². The maximum atomic E-state index is 12.3. The van der Waals surface area contributed by atoms with Crippen molar-refractivity contribution < 1.29 is 19.1 Å². The molecule has 0 N–H and O–H groups in total. The lowest BCUT2D eigenvalue weighted by molar-refractivity contribution is -0.156. The first kappa shape index (κ1) is 14.6. The monoisotopic (exact) mass is 392 g/mol. The summed E-state index contributed by atoms with van der Waals surface area (Å²) in [5.41, 5.74) is -0.0428. The molecule has 4 nitrogen and oxygen atoms in total. The van der Waals surface area contributed by atoms with Crippen molar-refractivity contribution in [1.29, 1.82) is 0 Å². The van der Waals surface area contributed by atoms with Gasteiger partial charge in [-0.25, -0.2) is 0 Å². The standard InChI is InChI=1S/C15H21IO4/c1-3-14(2,16)13(18)20-11-5-9-4-10(11)15(6-9)7-12(17)19-8-15/h9-11H,3-8H2,1-2H3. The van der Waals surface area contributed by atoms with Crippen LogP contribution in [-0.4, -0.2) is 28.1 Å². The number of esters is 2. The third-order valence-corrected chi connectivity index (χ3v) is 6.65. The molecule has 1 heterocycles. The van der Waals surface area contributed by atoms with E-state index in [1.165, 1.54) is 0 Å². The molecule has 20 heavy (non-hydrogen) atoms. The summed E-state index contributed by atoms with van der Waals surface area (Å²) in [6, 6.07) is 0. The highest BCUT2D eigenvalue weighted by atomic mass is 127. The normalized spacial score (nSPS) is 41.8. The number of ether oxygens (including phenoxy) is 2. The molecule has 5 unspecified atom stereocenters. The minimum atomic E-state index is -0.450. The number of hydrogen-bond acceptors (Lipinski definition) is 4. The lowest BCUT2D eigenvalue weighted by Gasteiger charge is -2.36. The average molecular weight is 392 g/mol. The van der Waals surface area contributed by atoms with Crippen LogP contribution in [0.1, 0.15) is 46.0 Å². The Hall–Kier alpha value is -0.330. The lowest BCUT2D eigenvalue weighted by atomic mass is 9.71. The van der Waals surface area contributed by atoms with E-state index in [2.05, 4.69) is 22.6 Å². The second-order valence-electron chi connectivity index (χ2n) is 6.84. The van der Waals surface area contributed by atoms with Crippen LogP contribution in [0.25, 0.3) is 0 Å². The highest BCUT2D eigenvalue weighted by Crippen LogP contribution is 2.60. The van der Waals surface area contributed by atoms with Crippen LogP contribution in [0.15, 0.2) is 0 Å². The smallest absolute Gasteiger partial charge is 0.322 e. The van der Waals surface area contributed by atoms with E-state index in [9.17, 15) is 9.59 Å². The van der Waals surface area contributed by atoms with Crippen molar-refractivity contribution in [3.05, 3.63) is 0 Å². The highest BCUT2D eigenvalue weighted by molar-refractivity contribution is 14.1. The average Bonchev–Trinajstić information content (AvgIpc) is 3.04. The predicted octanol–water partition coefficient (Wildman–Crippen LogP) is 2.87. The van der Waals surface area contributed by atoms with Crippen molar-refractivity contribution in [2.45, 2.75) is 55.5 Å². The number of fused-ring (bicyclic) bond motifs is 3. The number of alkyl halides is 1. The Kier molecular flexibility index (Phi) is 3.54. The van der Waals surface area contributed by atoms with Gasteiger partial charge in [-0.05, 0) is 38.5 Å². The van der Waals surface area contributed by atoms with Gasteiger partial charge < -0.3 is 9.47 Å². The Morgan fingerprint density at radius 2 is 2.30 bits per heavy atom. The summed E-state index contributed by atoms with van der Waals surface area (Å²) in [6.07, 6.45) is 4.36. The number of carbonyl (C=O) groups excluding carboxylic acids is 2. The van der Waals surface area contributed by atoms with Crippen molar-refractivity contribution in [1.82, 2.24) is 0 Å². The SMILES string of the molecule is CCC(C)(I)C(=O)OC1CC2CC1C1(COC(=O)C1)C2. The molecular formula is C15H21IO4. The van der Waals surface area contributed by atoms with Crippen LogP contribution in [0, 0.1) is 17.3 Å². The minimum absolute atomic E-state index is 0.0172. The van der Waals surface area contributed by atoms with Gasteiger partial charge in [-0.1, -0.05) is 29.5 Å². The largest absolute Gasteiger partial charge is 0.465 e. The van der Waals surface area contributed by atoms with Crippen molar-refractivity contribution >= 4 is 34.5 Å². The fourth-order valence-electron chi connectivity index (χ4n) is 4.16. The summed E-state index contributed by atoms with van der Waals surface area (Å²) < 4.78 is 10.6. The van der Waals surface area contributed by atoms with E-state index >= 15 is 0 Å². The molecule has 3 rings (SSSR count). The molecule has 3 aliphatic rings. The second kappa shape index (κ2) is 4.85. The molecule has 1 saturated heterocycles. The van der Waals surface area contributed by atoms with Gasteiger partial charge in [-0.2, -0.15) is 0 Å². The first-order valence-corrected chi connectivity index (χ1v) is 8.50. The van der Waals surface area contributed by atoms with Gasteiger partial charge in [-0.15, -0.1) is 0 Å². The van der Waals surface area contributed by atoms with E-state index in [0.29, 0.717) is 24.9 Å². The highest BCUT2D eigenvalue weighted by Gasteiger charge is 2.60. The van der Waals surface area contributed by atoms with Crippen LogP contribution in [0.3, 0.4) is 0 Å². The Morgan fingerprint density at radius 1 is 1.55 bits per heavy atom. The molecule has 2 saturated carbocycles. The molecule has 5 heteroatoms. The number of rotatable bonds is 3. The quantitative estimate of drug-likeness (QED) is 0.421. The Bertz CT molecular complexity index is 447. The molecule has 2 aliphatic carbocycles. The van der Waals surface area contributed by atoms with Gasteiger partial charge in [0.1, 0.15) is 9.53 Å². The van der Waals surface area contributed by atoms with E-state index in [1.807, 2.05) is 13.8 Å². The van der Waals surface area contributed by atoms with E-state index in [0.717, 1.165) is 25.7 Å². The van der Waals surface area contributed by atoms with Crippen LogP contribution >= 0.6 is 22.6 Å². The Labute approximate surface area is 133 Å². The molecule has 0 aromatic heterocycles. The van der Waals surface area contributed by atoms with Gasteiger partial charge >= 0.3 is 11.9 Å². The minimum Gasteiger partial charge on any atom is -0.465 e. The van der Waals surface area contributed by atoms with Gasteiger partial charge in [0, 0.05) is 11.3 Å². The van der Waals surface area contributed by atoms with Gasteiger partial charge in [-0.3, -0.25) is 9.59 Å². The maximum absolute atomic E-state index is 12.3. The predicted molar refractivity (Wildman–Crippen MR) is 81.4 cm³/mol. The van der Waals surface area contributed by atoms with Crippen molar-refractivity contribution in [3.63, 3.8) is 0 Å². The number of halogens is 1. The molecule has 1 aliphatic heterocycles. The van der Waals surface area contributed by atoms with Crippen LogP contribution in [0.5, 0.6) is 0 Å². The maximum Gasteiger partial charge on any atom is 0.322 e. The second-order valence-corrected chi connectivity index (χ2v) is 9.22. The van der Waals surface area contributed by atoms with E-state index < -0.39 is 3.42 Å². The summed E-state index contributed by atoms with van der Waals surface area (Å²) in [4.78, 5) is 23.8. The summed E-state index contributed by atoms with van der Waals surface area (Å²) in [5, 5.41) is 0. The molecule has 0 amide bonds. The summed E-state index contributed by atoms with van der Waals surface area (Å²) in [5.74, 6) is 0.704. The number of hydrogen-bond donors (Lipinski definition) is 0. The third kappa shape index (κ3) is 2.25. The molecule has 0 aromatic rings. The summed E-state index contributed by atoms with van der Waals surface area (Å²) in [6.45, 7) is 4.44. The van der Waals surface area contributed by atoms with E-state index in [-0.39, 0.29) is 23.5 Å². The fraction of sp³-hybridized carbons (Fsp3) is 0.867. The van der Waals surface area contributed by atoms with E-state index in [4.69, 9.17) is 9.47 Å². The summed E-state index contributed by atoms with van der Waals surface area (Å²) in [7, 11) is 0. The van der Waals surface area contributed by atoms with Crippen molar-refractivity contribution in [3.8, 4) is 0 Å². The zero-order valence-corrected chi connectivity index (χ0v) is 14.1. The van der Waals surface area contributed by atoms with Gasteiger partial charge in [0.15, 0.2) is 0 Å². The zero-order chi connectivity index (χ0) is 14.5. The van der Waals surface area contributed by atoms with Crippen molar-refractivity contribution in [2.75, 3.05) is 6.61 Å². The lowest BCUT2D eigenvalue weighted by Crippen LogP contribution is -2.41. The van der Waals surface area contributed by atoms with Crippen LogP contribution in [0.4, 0.5) is 0 Å². The molecule has 3 fully saturated rings. The molecule has 1 spiro atoms. The molecule has 0 radical (unpaired) electrons. The van der Waals surface area contributed by atoms with Gasteiger partial charge in [0.25, 0.3) is 0 Å². The topological polar surface area (TPSA) is 52.6 Å². The number of carbonyl (C=O) groups is 2. The first-order chi connectivity index (χ1) is 9.36. The van der Waals surface area contributed by atoms with E-state index in [1.54, 1.807) is 0 Å². The fourth-order valence-corrected chi connectivity index (χ4v) is 4.28. The molecular weight excluding hydrogens is 371 g/mol. The molecule has 2 bridgehead atoms. The molecule has 0 aromatic carbocycles. The zero-order valence-electron chi connectivity index (χ0n) is 12.0. The van der Waals surface area contributed by atoms with Gasteiger partial charge in [0.2, 0.25) is 0 Å². The third-order valence-electron chi connectivity index (χ3n) is 5.45. The molecule has 112 valence electrons. The van der Waals surface area contributed by atoms with Gasteiger partial charge in [0.05, 0.1) is 13.0 Å². The Morgan fingerprint density at radius 3 is 2.85 bits per heavy atom. The van der Waals surface area contributed by atoms with Crippen LogP contribution < -0.4 is 0 Å². The van der Waals surface area contributed by atoms with Crippen LogP contribution in [0.2, 0.25) is 0 Å². The first-order valence-electron chi connectivity index (χ1n) is 7.42.